The Morgan fingerprint density at radius 1 is 1.16 bits per heavy atom. The van der Waals surface area contributed by atoms with Crippen LogP contribution in [0.25, 0.3) is 16.8 Å². The van der Waals surface area contributed by atoms with Gasteiger partial charge in [0.2, 0.25) is 0 Å². The van der Waals surface area contributed by atoms with Crippen LogP contribution in [0.1, 0.15) is 62.0 Å². The fraction of sp³-hybridized carbons (Fsp3) is 0.444. The van der Waals surface area contributed by atoms with Crippen LogP contribution in [0.15, 0.2) is 49.1 Å². The summed E-state index contributed by atoms with van der Waals surface area (Å²) in [5.74, 6) is 1.04. The summed E-state index contributed by atoms with van der Waals surface area (Å²) in [6, 6.07) is 9.47. The molecule has 1 N–H and O–H groups in total. The van der Waals surface area contributed by atoms with E-state index in [0.29, 0.717) is 90.1 Å². The maximum Gasteiger partial charge on any atom is 0.410 e. The van der Waals surface area contributed by atoms with Crippen LogP contribution in [-0.2, 0) is 9.47 Å². The molecule has 2 fully saturated rings. The number of aromatic nitrogens is 4. The quantitative estimate of drug-likeness (QED) is 0.265. The van der Waals surface area contributed by atoms with Crippen LogP contribution in [0.5, 0.6) is 5.75 Å². The van der Waals surface area contributed by atoms with Gasteiger partial charge in [0.15, 0.2) is 0 Å². The molecule has 13 nitrogen and oxygen atoms in total. The maximum atomic E-state index is 13.1. The van der Waals surface area contributed by atoms with Gasteiger partial charge in [-0.2, -0.15) is 10.4 Å². The zero-order valence-corrected chi connectivity index (χ0v) is 29.7. The lowest BCUT2D eigenvalue weighted by Gasteiger charge is -2.40. The summed E-state index contributed by atoms with van der Waals surface area (Å²) < 4.78 is 19.1. The van der Waals surface area contributed by atoms with Crippen molar-refractivity contribution in [3.63, 3.8) is 0 Å². The molecule has 0 radical (unpaired) electrons. The van der Waals surface area contributed by atoms with Crippen LogP contribution >= 0.6 is 11.6 Å². The maximum absolute atomic E-state index is 13.1. The summed E-state index contributed by atoms with van der Waals surface area (Å²) in [4.78, 5) is 39.0. The Morgan fingerprint density at radius 3 is 2.62 bits per heavy atom. The molecule has 2 amide bonds. The SMILES string of the molecule is Cc1cccc(Cl)c1C(=O)NC1(C)CCN(c2cnc(-c3cc(OC[C@@H]4CN(C(=O)OC(C)(C)C)CCO4)cn4ncc(C#N)c34)cn2)CC1. The molecule has 5 heterocycles. The molecule has 262 valence electrons. The molecular weight excluding hydrogens is 660 g/mol. The van der Waals surface area contributed by atoms with Gasteiger partial charge in [0.05, 0.1) is 65.3 Å². The molecule has 0 bridgehead atoms. The van der Waals surface area contributed by atoms with Gasteiger partial charge >= 0.3 is 6.09 Å². The first kappa shape index (κ1) is 34.9. The predicted octanol–water partition coefficient (Wildman–Crippen LogP) is 5.43. The highest BCUT2D eigenvalue weighted by atomic mass is 35.5. The molecule has 14 heteroatoms. The highest BCUT2D eigenvalue weighted by Crippen LogP contribution is 2.32. The zero-order valence-electron chi connectivity index (χ0n) is 28.9. The van der Waals surface area contributed by atoms with Crippen molar-refractivity contribution < 1.29 is 23.8 Å². The van der Waals surface area contributed by atoms with E-state index in [2.05, 4.69) is 28.3 Å². The highest BCUT2D eigenvalue weighted by Gasteiger charge is 2.33. The second-order valence-electron chi connectivity index (χ2n) is 14.0. The molecule has 2 saturated heterocycles. The first-order valence-electron chi connectivity index (χ1n) is 16.6. The Kier molecular flexibility index (Phi) is 9.87. The normalized spacial score (nSPS) is 17.7. The minimum Gasteiger partial charge on any atom is -0.489 e. The van der Waals surface area contributed by atoms with Crippen LogP contribution in [0.4, 0.5) is 10.6 Å². The second-order valence-corrected chi connectivity index (χ2v) is 14.4. The van der Waals surface area contributed by atoms with Crippen LogP contribution in [-0.4, -0.2) is 93.1 Å². The third kappa shape index (κ3) is 7.77. The number of piperidine rings is 1. The second kappa shape index (κ2) is 14.1. The molecule has 3 aromatic heterocycles. The Bertz CT molecular complexity index is 1910. The molecule has 50 heavy (non-hydrogen) atoms. The summed E-state index contributed by atoms with van der Waals surface area (Å²) >= 11 is 6.34. The number of fused-ring (bicyclic) bond motifs is 1. The predicted molar refractivity (Wildman–Crippen MR) is 187 cm³/mol. The molecule has 6 rings (SSSR count). The fourth-order valence-electron chi connectivity index (χ4n) is 6.19. The van der Waals surface area contributed by atoms with Gasteiger partial charge in [-0.25, -0.2) is 14.3 Å². The zero-order chi connectivity index (χ0) is 35.6. The van der Waals surface area contributed by atoms with Crippen LogP contribution in [0, 0.1) is 18.3 Å². The number of nitrogens with zero attached hydrogens (tertiary/aromatic N) is 7. The minimum atomic E-state index is -0.591. The van der Waals surface area contributed by atoms with Crippen molar-refractivity contribution >= 4 is 34.9 Å². The van der Waals surface area contributed by atoms with E-state index < -0.39 is 11.1 Å². The van der Waals surface area contributed by atoms with E-state index in [1.807, 2.05) is 45.9 Å². The number of anilines is 1. The number of carbonyl (C=O) groups excluding carboxylic acids is 2. The average Bonchev–Trinajstić information content (AvgIpc) is 3.50. The van der Waals surface area contributed by atoms with E-state index >= 15 is 0 Å². The van der Waals surface area contributed by atoms with Crippen molar-refractivity contribution in [2.24, 2.45) is 0 Å². The van der Waals surface area contributed by atoms with Crippen LogP contribution < -0.4 is 15.0 Å². The number of aryl methyl sites for hydroxylation is 1. The molecule has 0 saturated carbocycles. The number of carbonyl (C=O) groups is 2. The van der Waals surface area contributed by atoms with E-state index in [4.69, 9.17) is 35.8 Å². The van der Waals surface area contributed by atoms with Crippen molar-refractivity contribution in [2.75, 3.05) is 44.3 Å². The lowest BCUT2D eigenvalue weighted by atomic mass is 9.89. The van der Waals surface area contributed by atoms with Crippen LogP contribution in [0.3, 0.4) is 0 Å². The van der Waals surface area contributed by atoms with Crippen molar-refractivity contribution in [1.29, 1.82) is 5.26 Å². The summed E-state index contributed by atoms with van der Waals surface area (Å²) in [6.07, 6.45) is 7.29. The average molecular weight is 701 g/mol. The molecule has 0 aliphatic carbocycles. The minimum absolute atomic E-state index is 0.170. The molecule has 0 unspecified atom stereocenters. The third-order valence-corrected chi connectivity index (χ3v) is 9.22. The van der Waals surface area contributed by atoms with E-state index in [1.165, 1.54) is 6.20 Å². The van der Waals surface area contributed by atoms with Crippen molar-refractivity contribution in [1.82, 2.24) is 29.8 Å². The van der Waals surface area contributed by atoms with Crippen molar-refractivity contribution in [3.05, 3.63) is 70.8 Å². The fourth-order valence-corrected chi connectivity index (χ4v) is 6.50. The van der Waals surface area contributed by atoms with Gasteiger partial charge in [0.25, 0.3) is 5.91 Å². The van der Waals surface area contributed by atoms with Gasteiger partial charge in [0, 0.05) is 30.7 Å². The van der Waals surface area contributed by atoms with Gasteiger partial charge < -0.3 is 29.3 Å². The van der Waals surface area contributed by atoms with Gasteiger partial charge in [-0.3, -0.25) is 9.78 Å². The topological polar surface area (TPSA) is 147 Å². The standard InChI is InChI=1S/C36H41ClN8O5/c1-23-7-6-8-28(37)31(23)33(46)42-36(5)9-11-43(12-10-36)30-19-39-29(18-40-30)27-15-25(21-45-32(27)24(16-38)17-41-45)49-22-26-20-44(13-14-48-26)34(47)50-35(2,3)4/h6-8,15,17-19,21,26H,9-14,20,22H2,1-5H3,(H,42,46)/t26-/m0/s1. The number of rotatable bonds is 7. The molecule has 2 aliphatic rings. The highest BCUT2D eigenvalue weighted by molar-refractivity contribution is 6.34. The number of hydrogen-bond acceptors (Lipinski definition) is 10. The molecule has 0 spiro atoms. The molecule has 1 aromatic carbocycles. The lowest BCUT2D eigenvalue weighted by Crippen LogP contribution is -2.53. The van der Waals surface area contributed by atoms with Crippen LogP contribution in [0.2, 0.25) is 5.02 Å². The van der Waals surface area contributed by atoms with Gasteiger partial charge in [-0.05, 0) is 65.2 Å². The number of nitriles is 1. The molecule has 1 atom stereocenters. The summed E-state index contributed by atoms with van der Waals surface area (Å²) in [7, 11) is 0. The smallest absolute Gasteiger partial charge is 0.410 e. The summed E-state index contributed by atoms with van der Waals surface area (Å²) in [6.45, 7) is 12.1. The number of morpholine rings is 1. The number of benzene rings is 1. The summed E-state index contributed by atoms with van der Waals surface area (Å²) in [5, 5.41) is 17.8. The number of ether oxygens (including phenoxy) is 3. The van der Waals surface area contributed by atoms with E-state index in [-0.39, 0.29) is 24.7 Å². The third-order valence-electron chi connectivity index (χ3n) is 8.90. The van der Waals surface area contributed by atoms with Gasteiger partial charge in [0.1, 0.15) is 35.9 Å². The number of halogens is 1. The summed E-state index contributed by atoms with van der Waals surface area (Å²) in [5.41, 5.74) is 2.53. The number of hydrogen-bond donors (Lipinski definition) is 1. The van der Waals surface area contributed by atoms with E-state index in [0.717, 1.165) is 5.56 Å². The largest absolute Gasteiger partial charge is 0.489 e. The van der Waals surface area contributed by atoms with E-state index in [1.54, 1.807) is 34.1 Å². The Hall–Kier alpha value is -4.93. The van der Waals surface area contributed by atoms with Gasteiger partial charge in [-0.15, -0.1) is 0 Å². The Balaban J connectivity index is 1.13. The number of amides is 2. The Morgan fingerprint density at radius 2 is 1.94 bits per heavy atom. The lowest BCUT2D eigenvalue weighted by molar-refractivity contribution is -0.0557. The molecular formula is C36H41ClN8O5. The molecule has 4 aromatic rings. The monoisotopic (exact) mass is 700 g/mol. The number of nitrogens with one attached hydrogen (secondary N) is 1. The van der Waals surface area contributed by atoms with Crippen molar-refractivity contribution in [3.8, 4) is 23.1 Å². The van der Waals surface area contributed by atoms with E-state index in [9.17, 15) is 14.9 Å². The van der Waals surface area contributed by atoms with Crippen molar-refractivity contribution in [2.45, 2.75) is 64.7 Å². The van der Waals surface area contributed by atoms with Gasteiger partial charge in [-0.1, -0.05) is 23.7 Å². The molecule has 2 aliphatic heterocycles. The Labute approximate surface area is 296 Å². The number of pyridine rings is 1. The first-order chi connectivity index (χ1) is 23.8. The first-order valence-corrected chi connectivity index (χ1v) is 17.0.